The van der Waals surface area contributed by atoms with E-state index in [1.165, 1.54) is 18.2 Å². The van der Waals surface area contributed by atoms with Gasteiger partial charge in [-0.3, -0.25) is 14.3 Å². The number of nitrogens with one attached hydrogen (secondary N) is 1. The largest absolute Gasteiger partial charge is 0.338 e. The molecule has 10 heteroatoms. The number of nitro groups is 1. The van der Waals surface area contributed by atoms with Crippen LogP contribution in [0.1, 0.15) is 25.5 Å². The summed E-state index contributed by atoms with van der Waals surface area (Å²) in [5.74, 6) is -1.12. The van der Waals surface area contributed by atoms with E-state index in [1.54, 1.807) is 19.9 Å². The van der Waals surface area contributed by atoms with Crippen LogP contribution in [0.5, 0.6) is 0 Å². The van der Waals surface area contributed by atoms with E-state index in [2.05, 4.69) is 8.91 Å². The molecule has 0 spiro atoms. The molecule has 0 aliphatic carbocycles. The van der Waals surface area contributed by atoms with Gasteiger partial charge in [-0.25, -0.2) is 0 Å². The Balaban J connectivity index is 2.41. The number of hydrogen-bond acceptors (Lipinski definition) is 7. The van der Waals surface area contributed by atoms with Crippen molar-refractivity contribution in [3.05, 3.63) is 39.9 Å². The lowest BCUT2D eigenvalue weighted by Gasteiger charge is -2.17. The van der Waals surface area contributed by atoms with Crippen LogP contribution in [0.4, 0.5) is 5.69 Å². The first kappa shape index (κ1) is 16.8. The zero-order valence-electron chi connectivity index (χ0n) is 12.2. The molecule has 2 rings (SSSR count). The molecule has 1 fully saturated rings. The molecule has 1 aromatic carbocycles. The van der Waals surface area contributed by atoms with Crippen molar-refractivity contribution >= 4 is 16.0 Å². The van der Waals surface area contributed by atoms with Crippen LogP contribution in [0.15, 0.2) is 24.3 Å². The number of nitrogens with zero attached hydrogens (tertiary/aromatic N) is 1. The highest BCUT2D eigenvalue weighted by Gasteiger charge is 2.46. The van der Waals surface area contributed by atoms with Crippen LogP contribution in [0, 0.1) is 10.1 Å². The van der Waals surface area contributed by atoms with Crippen molar-refractivity contribution in [2.24, 2.45) is 0 Å². The molecule has 0 amide bonds. The lowest BCUT2D eigenvalue weighted by Crippen LogP contribution is -2.39. The summed E-state index contributed by atoms with van der Waals surface area (Å²) in [6, 6.07) is 5.91. The zero-order chi connectivity index (χ0) is 16.5. The van der Waals surface area contributed by atoms with E-state index in [9.17, 15) is 18.5 Å². The third kappa shape index (κ3) is 3.59. The lowest BCUT2D eigenvalue weighted by atomic mass is 10.1. The Kier molecular flexibility index (Phi) is 4.49. The quantitative estimate of drug-likeness (QED) is 0.636. The molecule has 1 aromatic rings. The van der Waals surface area contributed by atoms with Gasteiger partial charge in [0.15, 0.2) is 12.0 Å². The van der Waals surface area contributed by atoms with E-state index < -0.39 is 33.3 Å². The van der Waals surface area contributed by atoms with Crippen LogP contribution in [-0.4, -0.2) is 32.5 Å². The first-order valence-electron chi connectivity index (χ1n) is 6.32. The van der Waals surface area contributed by atoms with Crippen LogP contribution < -0.4 is 4.72 Å². The first-order valence-corrected chi connectivity index (χ1v) is 7.73. The van der Waals surface area contributed by atoms with Gasteiger partial charge in [-0.15, -0.1) is 0 Å². The number of ether oxygens (including phenoxy) is 2. The predicted octanol–water partition coefficient (Wildman–Crippen LogP) is 1.23. The summed E-state index contributed by atoms with van der Waals surface area (Å²) in [6.45, 7) is 3.16. The van der Waals surface area contributed by atoms with E-state index in [-0.39, 0.29) is 11.3 Å². The maximum absolute atomic E-state index is 11.6. The highest BCUT2D eigenvalue weighted by Crippen LogP contribution is 2.40. The Morgan fingerprint density at radius 3 is 2.55 bits per heavy atom. The molecule has 1 aliphatic heterocycles. The predicted molar refractivity (Wildman–Crippen MR) is 74.9 cm³/mol. The Hall–Kier alpha value is -1.59. The number of para-hydroxylation sites is 1. The van der Waals surface area contributed by atoms with Crippen LogP contribution in [0.25, 0.3) is 0 Å². The number of hydrogen-bond donors (Lipinski definition) is 1. The average molecular weight is 332 g/mol. The molecule has 1 aliphatic rings. The van der Waals surface area contributed by atoms with Crippen molar-refractivity contribution in [3.8, 4) is 0 Å². The molecule has 0 saturated carbocycles. The van der Waals surface area contributed by atoms with Gasteiger partial charge in [-0.2, -0.15) is 13.1 Å². The number of rotatable bonds is 5. The van der Waals surface area contributed by atoms with Crippen molar-refractivity contribution in [1.29, 1.82) is 0 Å². The normalized spacial score (nSPS) is 24.3. The van der Waals surface area contributed by atoms with Gasteiger partial charge in [-0.1, -0.05) is 12.1 Å². The number of benzene rings is 1. The molecule has 0 aromatic heterocycles. The molecule has 22 heavy (non-hydrogen) atoms. The minimum Gasteiger partial charge on any atom is -0.338 e. The molecular weight excluding hydrogens is 316 g/mol. The monoisotopic (exact) mass is 332 g/mol. The minimum absolute atomic E-state index is 0.185. The fourth-order valence-electron chi connectivity index (χ4n) is 2.16. The third-order valence-corrected chi connectivity index (χ3v) is 3.98. The van der Waals surface area contributed by atoms with Gasteiger partial charge in [0.2, 0.25) is 0 Å². The molecule has 0 bridgehead atoms. The Labute approximate surface area is 127 Å². The van der Waals surface area contributed by atoms with Gasteiger partial charge in [0.1, 0.15) is 6.10 Å². The lowest BCUT2D eigenvalue weighted by molar-refractivity contribution is -0.386. The van der Waals surface area contributed by atoms with E-state index in [4.69, 9.17) is 9.47 Å². The summed E-state index contributed by atoms with van der Waals surface area (Å²) < 4.78 is 40.7. The molecule has 1 N–H and O–H groups in total. The van der Waals surface area contributed by atoms with Gasteiger partial charge in [0, 0.05) is 6.07 Å². The van der Waals surface area contributed by atoms with E-state index in [0.717, 1.165) is 7.11 Å². The molecule has 2 unspecified atom stereocenters. The van der Waals surface area contributed by atoms with Crippen LogP contribution in [0.3, 0.4) is 0 Å². The summed E-state index contributed by atoms with van der Waals surface area (Å²) in [7, 11) is -3.06. The highest BCUT2D eigenvalue weighted by atomic mass is 32.2. The fourth-order valence-corrected chi connectivity index (χ4v) is 2.71. The minimum atomic E-state index is -4.05. The van der Waals surface area contributed by atoms with Crippen molar-refractivity contribution in [2.75, 3.05) is 7.11 Å². The SMILES string of the molecule is COS(=O)(=O)NC1OC(C)(C)OC1c1ccccc1[N+](=O)[O-]. The Bertz CT molecular complexity index is 674. The molecule has 9 nitrogen and oxygen atoms in total. The topological polar surface area (TPSA) is 117 Å². The van der Waals surface area contributed by atoms with Crippen LogP contribution >= 0.6 is 0 Å². The van der Waals surface area contributed by atoms with Gasteiger partial charge in [0.05, 0.1) is 17.6 Å². The summed E-state index contributed by atoms with van der Waals surface area (Å²) in [4.78, 5) is 10.6. The Morgan fingerprint density at radius 2 is 1.95 bits per heavy atom. The molecule has 2 atom stereocenters. The molecule has 1 saturated heterocycles. The second kappa shape index (κ2) is 5.89. The molecule has 1 heterocycles. The second-order valence-corrected chi connectivity index (χ2v) is 6.51. The van der Waals surface area contributed by atoms with Gasteiger partial charge in [0.25, 0.3) is 5.69 Å². The zero-order valence-corrected chi connectivity index (χ0v) is 13.0. The summed E-state index contributed by atoms with van der Waals surface area (Å²) in [5, 5.41) is 11.1. The Morgan fingerprint density at radius 1 is 1.32 bits per heavy atom. The first-order chi connectivity index (χ1) is 10.2. The molecule has 0 radical (unpaired) electrons. The van der Waals surface area contributed by atoms with Gasteiger partial charge < -0.3 is 9.47 Å². The average Bonchev–Trinajstić information content (AvgIpc) is 2.72. The van der Waals surface area contributed by atoms with Crippen LogP contribution in [0.2, 0.25) is 0 Å². The second-order valence-electron chi connectivity index (χ2n) is 5.03. The fraction of sp³-hybridized carbons (Fsp3) is 0.500. The van der Waals surface area contributed by atoms with Gasteiger partial charge >= 0.3 is 10.3 Å². The van der Waals surface area contributed by atoms with E-state index in [1.807, 2.05) is 0 Å². The highest BCUT2D eigenvalue weighted by molar-refractivity contribution is 7.84. The summed E-state index contributed by atoms with van der Waals surface area (Å²) in [6.07, 6.45) is -2.14. The van der Waals surface area contributed by atoms with Crippen molar-refractivity contribution in [2.45, 2.75) is 32.0 Å². The number of nitro benzene ring substituents is 1. The summed E-state index contributed by atoms with van der Waals surface area (Å²) in [5.41, 5.74) is 0.0253. The van der Waals surface area contributed by atoms with Gasteiger partial charge in [-0.05, 0) is 19.9 Å². The molecule has 122 valence electrons. The molecular formula is C12H16N2O7S. The van der Waals surface area contributed by atoms with Crippen molar-refractivity contribution in [1.82, 2.24) is 4.72 Å². The van der Waals surface area contributed by atoms with E-state index in [0.29, 0.717) is 0 Å². The smallest absolute Gasteiger partial charge is 0.337 e. The standard InChI is InChI=1S/C12H16N2O7S/c1-12(2)20-10(11(21-12)13-22(17,18)19-3)8-6-4-5-7-9(8)14(15)16/h4-7,10-11,13H,1-3H3. The summed E-state index contributed by atoms with van der Waals surface area (Å²) >= 11 is 0. The van der Waals surface area contributed by atoms with Crippen LogP contribution in [-0.2, 0) is 24.0 Å². The van der Waals surface area contributed by atoms with E-state index >= 15 is 0 Å². The third-order valence-electron chi connectivity index (χ3n) is 3.02. The maximum Gasteiger partial charge on any atom is 0.337 e. The maximum atomic E-state index is 11.6. The van der Waals surface area contributed by atoms with Crippen molar-refractivity contribution < 1.29 is 27.0 Å². The van der Waals surface area contributed by atoms with Crippen molar-refractivity contribution in [3.63, 3.8) is 0 Å².